The predicted molar refractivity (Wildman–Crippen MR) is 44.1 cm³/mol. The second-order valence-corrected chi connectivity index (χ2v) is 2.63. The van der Waals surface area contributed by atoms with Crippen LogP contribution in [0.5, 0.6) is 0 Å². The van der Waals surface area contributed by atoms with E-state index in [9.17, 15) is 0 Å². The van der Waals surface area contributed by atoms with Crippen molar-refractivity contribution in [1.82, 2.24) is 0 Å². The third-order valence-corrected chi connectivity index (χ3v) is 1.87. The van der Waals surface area contributed by atoms with Gasteiger partial charge in [0.2, 0.25) is 0 Å². The molecule has 0 aromatic carbocycles. The van der Waals surface area contributed by atoms with Gasteiger partial charge in [0.15, 0.2) is 0 Å². The summed E-state index contributed by atoms with van der Waals surface area (Å²) in [5, 5.41) is 8.81. The van der Waals surface area contributed by atoms with Gasteiger partial charge in [-0.05, 0) is 24.4 Å². The molecule has 0 saturated carbocycles. The van der Waals surface area contributed by atoms with Crippen LogP contribution in [0.15, 0.2) is 9.66 Å². The SMILES string of the molecule is C/C(=C/I)C[C@@H](C)O. The Kier molecular flexibility index (Phi) is 4.56. The van der Waals surface area contributed by atoms with Crippen LogP contribution < -0.4 is 0 Å². The van der Waals surface area contributed by atoms with Gasteiger partial charge in [0.1, 0.15) is 0 Å². The third kappa shape index (κ3) is 4.59. The maximum Gasteiger partial charge on any atom is 0.0549 e. The highest BCUT2D eigenvalue weighted by Crippen LogP contribution is 2.05. The Morgan fingerprint density at radius 1 is 1.88 bits per heavy atom. The molecule has 2 heteroatoms. The fourth-order valence-electron chi connectivity index (χ4n) is 0.511. The van der Waals surface area contributed by atoms with Gasteiger partial charge in [0, 0.05) is 0 Å². The highest BCUT2D eigenvalue weighted by atomic mass is 127. The monoisotopic (exact) mass is 226 g/mol. The van der Waals surface area contributed by atoms with Crippen molar-refractivity contribution in [1.29, 1.82) is 0 Å². The van der Waals surface area contributed by atoms with Crippen molar-refractivity contribution in [3.63, 3.8) is 0 Å². The summed E-state index contributed by atoms with van der Waals surface area (Å²) in [5.74, 6) is 0. The molecule has 0 aliphatic rings. The molecule has 0 spiro atoms. The van der Waals surface area contributed by atoms with Crippen LogP contribution in [0.4, 0.5) is 0 Å². The summed E-state index contributed by atoms with van der Waals surface area (Å²) in [7, 11) is 0. The van der Waals surface area contributed by atoms with E-state index in [4.69, 9.17) is 5.11 Å². The van der Waals surface area contributed by atoms with Gasteiger partial charge < -0.3 is 5.11 Å². The predicted octanol–water partition coefficient (Wildman–Crippen LogP) is 2.10. The highest BCUT2D eigenvalue weighted by molar-refractivity contribution is 14.1. The zero-order valence-corrected chi connectivity index (χ0v) is 7.34. The molecule has 0 heterocycles. The Morgan fingerprint density at radius 2 is 2.38 bits per heavy atom. The van der Waals surface area contributed by atoms with Gasteiger partial charge in [-0.3, -0.25) is 0 Å². The van der Waals surface area contributed by atoms with E-state index >= 15 is 0 Å². The van der Waals surface area contributed by atoms with E-state index in [1.54, 1.807) is 6.92 Å². The molecule has 1 atom stereocenters. The normalized spacial score (nSPS) is 16.2. The Morgan fingerprint density at radius 3 is 2.50 bits per heavy atom. The minimum Gasteiger partial charge on any atom is -0.393 e. The zero-order valence-electron chi connectivity index (χ0n) is 5.19. The molecule has 1 nitrogen and oxygen atoms in total. The molecule has 0 aliphatic heterocycles. The molecule has 0 unspecified atom stereocenters. The summed E-state index contributed by atoms with van der Waals surface area (Å²) in [6.45, 7) is 3.81. The Labute approximate surface area is 63.9 Å². The maximum absolute atomic E-state index is 8.81. The van der Waals surface area contributed by atoms with Gasteiger partial charge in [0.25, 0.3) is 0 Å². The lowest BCUT2D eigenvalue weighted by molar-refractivity contribution is 0.195. The molecular formula is C6H11IO. The molecular weight excluding hydrogens is 215 g/mol. The number of halogens is 1. The first-order valence-electron chi connectivity index (χ1n) is 2.60. The highest BCUT2D eigenvalue weighted by Gasteiger charge is 1.94. The van der Waals surface area contributed by atoms with Gasteiger partial charge in [-0.1, -0.05) is 28.2 Å². The largest absolute Gasteiger partial charge is 0.393 e. The number of rotatable bonds is 2. The number of hydrogen-bond acceptors (Lipinski definition) is 1. The lowest BCUT2D eigenvalue weighted by Gasteiger charge is -2.00. The summed E-state index contributed by atoms with van der Waals surface area (Å²) < 4.78 is 1.99. The molecule has 0 aromatic rings. The van der Waals surface area contributed by atoms with E-state index in [-0.39, 0.29) is 6.10 Å². The summed E-state index contributed by atoms with van der Waals surface area (Å²) in [5.41, 5.74) is 1.24. The molecule has 8 heavy (non-hydrogen) atoms. The average Bonchev–Trinajstić information content (AvgIpc) is 1.65. The lowest BCUT2D eigenvalue weighted by Crippen LogP contribution is -1.98. The van der Waals surface area contributed by atoms with Gasteiger partial charge in [-0.2, -0.15) is 0 Å². The van der Waals surface area contributed by atoms with Crippen LogP contribution in [0, 0.1) is 0 Å². The van der Waals surface area contributed by atoms with Crippen molar-refractivity contribution in [2.45, 2.75) is 26.4 Å². The molecule has 0 saturated heterocycles. The summed E-state index contributed by atoms with van der Waals surface area (Å²) in [4.78, 5) is 0. The fourth-order valence-corrected chi connectivity index (χ4v) is 0.765. The number of hydrogen-bond donors (Lipinski definition) is 1. The standard InChI is InChI=1S/C6H11IO/c1-5(4-7)3-6(2)8/h4,6,8H,3H2,1-2H3/b5-4-/t6-/m1/s1. The van der Waals surface area contributed by atoms with Crippen molar-refractivity contribution in [2.24, 2.45) is 0 Å². The van der Waals surface area contributed by atoms with Crippen LogP contribution in [0.3, 0.4) is 0 Å². The van der Waals surface area contributed by atoms with Crippen LogP contribution in [-0.2, 0) is 0 Å². The van der Waals surface area contributed by atoms with E-state index in [0.29, 0.717) is 0 Å². The molecule has 1 N–H and O–H groups in total. The van der Waals surface area contributed by atoms with Crippen LogP contribution in [0.1, 0.15) is 20.3 Å². The molecule has 0 radical (unpaired) electrons. The van der Waals surface area contributed by atoms with Crippen LogP contribution >= 0.6 is 22.6 Å². The maximum atomic E-state index is 8.81. The molecule has 0 rings (SSSR count). The summed E-state index contributed by atoms with van der Waals surface area (Å²) >= 11 is 2.17. The van der Waals surface area contributed by atoms with Crippen molar-refractivity contribution >= 4 is 22.6 Å². The molecule has 0 aromatic heterocycles. The topological polar surface area (TPSA) is 20.2 Å². The van der Waals surface area contributed by atoms with E-state index in [1.165, 1.54) is 5.57 Å². The first-order chi connectivity index (χ1) is 3.66. The first-order valence-corrected chi connectivity index (χ1v) is 3.85. The van der Waals surface area contributed by atoms with E-state index in [2.05, 4.69) is 22.6 Å². The van der Waals surface area contributed by atoms with E-state index in [0.717, 1.165) is 6.42 Å². The third-order valence-electron chi connectivity index (χ3n) is 0.804. The quantitative estimate of drug-likeness (QED) is 0.715. The second kappa shape index (κ2) is 4.32. The fraction of sp³-hybridized carbons (Fsp3) is 0.667. The van der Waals surface area contributed by atoms with E-state index in [1.807, 2.05) is 11.0 Å². The van der Waals surface area contributed by atoms with Crippen molar-refractivity contribution in [3.05, 3.63) is 9.66 Å². The molecule has 0 aliphatic carbocycles. The van der Waals surface area contributed by atoms with Crippen LogP contribution in [0.25, 0.3) is 0 Å². The van der Waals surface area contributed by atoms with Crippen LogP contribution in [-0.4, -0.2) is 11.2 Å². The summed E-state index contributed by atoms with van der Waals surface area (Å²) in [6, 6.07) is 0. The van der Waals surface area contributed by atoms with Gasteiger partial charge >= 0.3 is 0 Å². The van der Waals surface area contributed by atoms with Gasteiger partial charge in [0.05, 0.1) is 6.10 Å². The molecule has 48 valence electrons. The molecule has 0 amide bonds. The lowest BCUT2D eigenvalue weighted by atomic mass is 10.2. The minimum absolute atomic E-state index is 0.194. The summed E-state index contributed by atoms with van der Waals surface area (Å²) in [6.07, 6.45) is 0.601. The molecule has 0 bridgehead atoms. The number of aliphatic hydroxyl groups is 1. The Hall–Kier alpha value is 0.430. The van der Waals surface area contributed by atoms with Crippen molar-refractivity contribution < 1.29 is 5.11 Å². The second-order valence-electron chi connectivity index (χ2n) is 2.01. The average molecular weight is 226 g/mol. The van der Waals surface area contributed by atoms with Gasteiger partial charge in [-0.15, -0.1) is 0 Å². The van der Waals surface area contributed by atoms with E-state index < -0.39 is 0 Å². The van der Waals surface area contributed by atoms with Crippen molar-refractivity contribution in [2.75, 3.05) is 0 Å². The minimum atomic E-state index is -0.194. The smallest absolute Gasteiger partial charge is 0.0549 e. The Bertz CT molecular complexity index is 86.5. The Balaban J connectivity index is 3.39. The first kappa shape index (κ1) is 8.43. The van der Waals surface area contributed by atoms with Gasteiger partial charge in [-0.25, -0.2) is 0 Å². The number of aliphatic hydroxyl groups excluding tert-OH is 1. The molecule has 0 fully saturated rings. The zero-order chi connectivity index (χ0) is 6.57. The van der Waals surface area contributed by atoms with Crippen molar-refractivity contribution in [3.8, 4) is 0 Å². The van der Waals surface area contributed by atoms with Crippen LogP contribution in [0.2, 0.25) is 0 Å².